The highest BCUT2D eigenvalue weighted by Gasteiger charge is 2.26. The summed E-state index contributed by atoms with van der Waals surface area (Å²) >= 11 is 5.77. The van der Waals surface area contributed by atoms with Crippen LogP contribution in [0.3, 0.4) is 0 Å². The van der Waals surface area contributed by atoms with Crippen molar-refractivity contribution in [2.45, 2.75) is 4.90 Å². The van der Waals surface area contributed by atoms with Gasteiger partial charge in [0.1, 0.15) is 14.7 Å². The number of hydrogen-bond donors (Lipinski definition) is 0. The smallest absolute Gasteiger partial charge is 0.258 e. The molecule has 0 heterocycles. The summed E-state index contributed by atoms with van der Waals surface area (Å²) in [6, 6.07) is 3.03. The zero-order valence-corrected chi connectivity index (χ0v) is 13.6. The molecule has 1 aromatic carbocycles. The molecule has 0 aliphatic carbocycles. The van der Waals surface area contributed by atoms with Crippen LogP contribution >= 0.6 is 11.6 Å². The van der Waals surface area contributed by atoms with Crippen molar-refractivity contribution in [3.8, 4) is 0 Å². The normalized spacial score (nSPS) is 12.6. The molecule has 0 saturated carbocycles. The van der Waals surface area contributed by atoms with E-state index in [2.05, 4.69) is 0 Å². The van der Waals surface area contributed by atoms with Crippen molar-refractivity contribution in [1.29, 1.82) is 0 Å². The lowest BCUT2D eigenvalue weighted by Gasteiger charge is -2.17. The van der Waals surface area contributed by atoms with E-state index < -0.39 is 35.4 Å². The maximum Gasteiger partial charge on any atom is 0.270 e. The van der Waals surface area contributed by atoms with Crippen LogP contribution in [-0.4, -0.2) is 51.7 Å². The second-order valence-corrected chi connectivity index (χ2v) is 9.01. The molecule has 0 N–H and O–H groups in total. The van der Waals surface area contributed by atoms with Gasteiger partial charge in [-0.05, 0) is 6.07 Å². The van der Waals surface area contributed by atoms with Crippen LogP contribution in [0.2, 0.25) is 5.02 Å². The summed E-state index contributed by atoms with van der Waals surface area (Å²) in [6.07, 6.45) is 0.980. The molecule has 1 aromatic rings. The molecular weight excluding hydrogens is 344 g/mol. The van der Waals surface area contributed by atoms with E-state index >= 15 is 0 Å². The van der Waals surface area contributed by atoms with E-state index in [4.69, 9.17) is 11.6 Å². The first-order valence-corrected chi connectivity index (χ1v) is 9.41. The third kappa shape index (κ3) is 4.63. The molecular formula is C10H13ClN2O6S2. The zero-order chi connectivity index (χ0) is 16.4. The number of halogens is 1. The van der Waals surface area contributed by atoms with Gasteiger partial charge in [-0.1, -0.05) is 11.6 Å². The lowest BCUT2D eigenvalue weighted by Crippen LogP contribution is -2.31. The molecule has 0 aliphatic rings. The third-order valence-electron chi connectivity index (χ3n) is 2.59. The highest BCUT2D eigenvalue weighted by Crippen LogP contribution is 2.28. The van der Waals surface area contributed by atoms with E-state index in [9.17, 15) is 26.9 Å². The summed E-state index contributed by atoms with van der Waals surface area (Å²) in [5.74, 6) is -0.366. The molecule has 0 amide bonds. The number of benzene rings is 1. The Bertz CT molecular complexity index is 760. The first-order chi connectivity index (χ1) is 9.45. The van der Waals surface area contributed by atoms with Crippen molar-refractivity contribution in [3.63, 3.8) is 0 Å². The number of non-ortho nitro benzene ring substituents is 1. The Balaban J connectivity index is 3.18. The Morgan fingerprint density at radius 1 is 1.29 bits per heavy atom. The van der Waals surface area contributed by atoms with Gasteiger partial charge in [0.2, 0.25) is 10.0 Å². The van der Waals surface area contributed by atoms with Crippen LogP contribution in [0.4, 0.5) is 5.69 Å². The number of sulfonamides is 1. The Hall–Kier alpha value is -1.23. The summed E-state index contributed by atoms with van der Waals surface area (Å²) in [4.78, 5) is 9.51. The number of nitro groups is 1. The molecule has 21 heavy (non-hydrogen) atoms. The molecule has 0 aliphatic heterocycles. The minimum atomic E-state index is -4.12. The minimum absolute atomic E-state index is 0.174. The van der Waals surface area contributed by atoms with Gasteiger partial charge < -0.3 is 0 Å². The van der Waals surface area contributed by atoms with Crippen LogP contribution in [0.1, 0.15) is 0 Å². The summed E-state index contributed by atoms with van der Waals surface area (Å²) in [6.45, 7) is -0.278. The summed E-state index contributed by atoms with van der Waals surface area (Å²) < 4.78 is 47.5. The van der Waals surface area contributed by atoms with E-state index in [1.54, 1.807) is 0 Å². The molecule has 118 valence electrons. The van der Waals surface area contributed by atoms with Gasteiger partial charge in [-0.2, -0.15) is 4.31 Å². The van der Waals surface area contributed by atoms with E-state index in [1.807, 2.05) is 0 Å². The predicted molar refractivity (Wildman–Crippen MR) is 77.6 cm³/mol. The molecule has 0 unspecified atom stereocenters. The molecule has 0 radical (unpaired) electrons. The summed E-state index contributed by atoms with van der Waals surface area (Å²) in [5.41, 5.74) is -0.422. The van der Waals surface area contributed by atoms with Crippen molar-refractivity contribution < 1.29 is 21.8 Å². The van der Waals surface area contributed by atoms with Crippen molar-refractivity contribution >= 4 is 37.1 Å². The predicted octanol–water partition coefficient (Wildman–Crippen LogP) is 0.913. The van der Waals surface area contributed by atoms with Gasteiger partial charge in [0.25, 0.3) is 5.69 Å². The van der Waals surface area contributed by atoms with Crippen LogP contribution in [0.15, 0.2) is 23.1 Å². The summed E-state index contributed by atoms with van der Waals surface area (Å²) in [7, 11) is -6.28. The SMILES string of the molecule is CN(CCS(C)(=O)=O)S(=O)(=O)c1cc([N+](=O)[O-])ccc1Cl. The Kier molecular flexibility index (Phi) is 5.31. The monoisotopic (exact) mass is 356 g/mol. The van der Waals surface area contributed by atoms with Crippen LogP contribution in [-0.2, 0) is 19.9 Å². The Morgan fingerprint density at radius 2 is 1.86 bits per heavy atom. The van der Waals surface area contributed by atoms with Crippen molar-refractivity contribution in [2.24, 2.45) is 0 Å². The maximum absolute atomic E-state index is 12.3. The number of rotatable bonds is 6. The van der Waals surface area contributed by atoms with E-state index in [0.717, 1.165) is 28.8 Å². The van der Waals surface area contributed by atoms with Gasteiger partial charge in [0.05, 0.1) is 15.7 Å². The molecule has 0 atom stereocenters. The van der Waals surface area contributed by atoms with Gasteiger partial charge in [0.15, 0.2) is 0 Å². The quantitative estimate of drug-likeness (QED) is 0.552. The number of nitro benzene ring substituents is 1. The molecule has 0 saturated heterocycles. The highest BCUT2D eigenvalue weighted by molar-refractivity contribution is 7.91. The fraction of sp³-hybridized carbons (Fsp3) is 0.400. The molecule has 0 fully saturated rings. The van der Waals surface area contributed by atoms with Crippen molar-refractivity contribution in [2.75, 3.05) is 25.6 Å². The second-order valence-electron chi connectivity index (χ2n) is 4.33. The van der Waals surface area contributed by atoms with Crippen LogP contribution in [0, 0.1) is 10.1 Å². The fourth-order valence-corrected chi connectivity index (χ4v) is 3.77. The first kappa shape index (κ1) is 17.8. The lowest BCUT2D eigenvalue weighted by molar-refractivity contribution is -0.385. The largest absolute Gasteiger partial charge is 0.270 e. The molecule has 8 nitrogen and oxygen atoms in total. The van der Waals surface area contributed by atoms with Crippen molar-refractivity contribution in [3.05, 3.63) is 33.3 Å². The lowest BCUT2D eigenvalue weighted by atomic mass is 10.3. The van der Waals surface area contributed by atoms with Crippen LogP contribution in [0.5, 0.6) is 0 Å². The average Bonchev–Trinajstić information content (AvgIpc) is 2.34. The second kappa shape index (κ2) is 6.26. The topological polar surface area (TPSA) is 115 Å². The fourth-order valence-electron chi connectivity index (χ4n) is 1.39. The number of sulfone groups is 1. The van der Waals surface area contributed by atoms with E-state index in [0.29, 0.717) is 0 Å². The number of hydrogen-bond acceptors (Lipinski definition) is 6. The molecule has 0 aromatic heterocycles. The van der Waals surface area contributed by atoms with Gasteiger partial charge >= 0.3 is 0 Å². The number of nitrogens with zero attached hydrogens (tertiary/aromatic N) is 2. The van der Waals surface area contributed by atoms with E-state index in [1.165, 1.54) is 7.05 Å². The molecule has 1 rings (SSSR count). The van der Waals surface area contributed by atoms with Gasteiger partial charge in [-0.3, -0.25) is 10.1 Å². The van der Waals surface area contributed by atoms with Crippen LogP contribution in [0.25, 0.3) is 0 Å². The summed E-state index contributed by atoms with van der Waals surface area (Å²) in [5, 5.41) is 10.5. The van der Waals surface area contributed by atoms with Gasteiger partial charge in [-0.25, -0.2) is 16.8 Å². The third-order valence-corrected chi connectivity index (χ3v) is 5.85. The Labute approximate surface area is 127 Å². The van der Waals surface area contributed by atoms with Gasteiger partial charge in [0, 0.05) is 32.0 Å². The molecule has 0 spiro atoms. The molecule has 0 bridgehead atoms. The zero-order valence-electron chi connectivity index (χ0n) is 11.2. The van der Waals surface area contributed by atoms with Crippen LogP contribution < -0.4 is 0 Å². The molecule has 11 heteroatoms. The minimum Gasteiger partial charge on any atom is -0.258 e. The first-order valence-electron chi connectivity index (χ1n) is 5.53. The highest BCUT2D eigenvalue weighted by atomic mass is 35.5. The van der Waals surface area contributed by atoms with Gasteiger partial charge in [-0.15, -0.1) is 0 Å². The van der Waals surface area contributed by atoms with Crippen molar-refractivity contribution in [1.82, 2.24) is 4.31 Å². The Morgan fingerprint density at radius 3 is 2.33 bits per heavy atom. The average molecular weight is 357 g/mol. The standard InChI is InChI=1S/C10H13ClN2O6S2/c1-12(5-6-20(2,16)17)21(18,19)10-7-8(13(14)15)3-4-9(10)11/h3-4,7H,5-6H2,1-2H3. The maximum atomic E-state index is 12.3. The van der Waals surface area contributed by atoms with E-state index in [-0.39, 0.29) is 17.3 Å².